The highest BCUT2D eigenvalue weighted by molar-refractivity contribution is 5.79. The highest BCUT2D eigenvalue weighted by Gasteiger charge is 2.40. The van der Waals surface area contributed by atoms with Crippen molar-refractivity contribution in [3.8, 4) is 11.1 Å². The van der Waals surface area contributed by atoms with Gasteiger partial charge in [0.05, 0.1) is 25.3 Å². The van der Waals surface area contributed by atoms with Gasteiger partial charge in [0.25, 0.3) is 0 Å². The van der Waals surface area contributed by atoms with E-state index in [-0.39, 0.29) is 24.1 Å². The third kappa shape index (κ3) is 3.57. The van der Waals surface area contributed by atoms with Crippen molar-refractivity contribution in [1.29, 1.82) is 0 Å². The quantitative estimate of drug-likeness (QED) is 0.580. The molecule has 0 spiro atoms. The van der Waals surface area contributed by atoms with Gasteiger partial charge in [0.15, 0.2) is 0 Å². The number of rotatable bonds is 5. The van der Waals surface area contributed by atoms with Gasteiger partial charge in [0.2, 0.25) is 0 Å². The molecular formula is C27H31NO3. The summed E-state index contributed by atoms with van der Waals surface area (Å²) in [7, 11) is 0. The van der Waals surface area contributed by atoms with E-state index in [0.29, 0.717) is 25.7 Å². The molecule has 0 radical (unpaired) electrons. The first-order valence-corrected chi connectivity index (χ1v) is 11.6. The minimum Gasteiger partial charge on any atom is -0.448 e. The van der Waals surface area contributed by atoms with Gasteiger partial charge < -0.3 is 9.47 Å². The number of morpholine rings is 1. The van der Waals surface area contributed by atoms with E-state index in [1.54, 1.807) is 0 Å². The molecule has 0 saturated carbocycles. The Morgan fingerprint density at radius 2 is 1.68 bits per heavy atom. The van der Waals surface area contributed by atoms with Crippen LogP contribution in [-0.2, 0) is 9.47 Å². The molecule has 1 saturated heterocycles. The number of ether oxygens (including phenoxy) is 2. The Bertz CT molecular complexity index is 948. The van der Waals surface area contributed by atoms with E-state index in [9.17, 15) is 4.79 Å². The fourth-order valence-corrected chi connectivity index (χ4v) is 5.70. The summed E-state index contributed by atoms with van der Waals surface area (Å²) in [5, 5.41) is 0. The van der Waals surface area contributed by atoms with Crippen LogP contribution in [0, 0.1) is 5.92 Å². The topological polar surface area (TPSA) is 38.8 Å². The molecule has 162 valence electrons. The first kappa shape index (κ1) is 20.3. The van der Waals surface area contributed by atoms with Gasteiger partial charge in [-0.05, 0) is 47.4 Å². The molecule has 2 bridgehead atoms. The first-order chi connectivity index (χ1) is 15.2. The number of amides is 1. The Morgan fingerprint density at radius 1 is 1.03 bits per heavy atom. The van der Waals surface area contributed by atoms with Gasteiger partial charge in [-0.25, -0.2) is 4.79 Å². The summed E-state index contributed by atoms with van der Waals surface area (Å²) in [6.07, 6.45) is 5.25. The Kier molecular flexibility index (Phi) is 5.58. The molecule has 1 amide bonds. The number of hydrogen-bond acceptors (Lipinski definition) is 3. The zero-order valence-electron chi connectivity index (χ0n) is 18.4. The summed E-state index contributed by atoms with van der Waals surface area (Å²) in [4.78, 5) is 15.2. The van der Waals surface area contributed by atoms with E-state index >= 15 is 0 Å². The van der Waals surface area contributed by atoms with Crippen LogP contribution in [0.15, 0.2) is 60.2 Å². The van der Waals surface area contributed by atoms with Crippen LogP contribution in [0.1, 0.15) is 50.2 Å². The van der Waals surface area contributed by atoms with Crippen molar-refractivity contribution >= 4 is 6.09 Å². The maximum Gasteiger partial charge on any atom is 0.410 e. The second-order valence-corrected chi connectivity index (χ2v) is 8.93. The van der Waals surface area contributed by atoms with E-state index in [0.717, 1.165) is 19.3 Å². The normalized spacial score (nSPS) is 22.2. The zero-order valence-corrected chi connectivity index (χ0v) is 18.4. The van der Waals surface area contributed by atoms with Crippen molar-refractivity contribution in [3.05, 3.63) is 71.3 Å². The van der Waals surface area contributed by atoms with Gasteiger partial charge in [-0.3, -0.25) is 4.90 Å². The monoisotopic (exact) mass is 417 g/mol. The largest absolute Gasteiger partial charge is 0.448 e. The smallest absolute Gasteiger partial charge is 0.410 e. The van der Waals surface area contributed by atoms with Gasteiger partial charge in [-0.2, -0.15) is 0 Å². The van der Waals surface area contributed by atoms with E-state index in [1.165, 1.54) is 27.8 Å². The van der Waals surface area contributed by atoms with E-state index in [1.807, 2.05) is 4.90 Å². The highest BCUT2D eigenvalue weighted by atomic mass is 16.6. The average molecular weight is 418 g/mol. The molecule has 3 aliphatic rings. The van der Waals surface area contributed by atoms with Crippen molar-refractivity contribution in [2.24, 2.45) is 5.92 Å². The number of nitrogens with zero attached hydrogens (tertiary/aromatic N) is 1. The molecule has 4 heteroatoms. The first-order valence-electron chi connectivity index (χ1n) is 11.6. The SMILES string of the molecule is CCC(CC)C1=CC2COCC(C1)N2C(=O)OCC1c2ccccc2-c2ccccc21. The Morgan fingerprint density at radius 3 is 2.29 bits per heavy atom. The summed E-state index contributed by atoms with van der Waals surface area (Å²) in [6.45, 7) is 6.02. The van der Waals surface area contributed by atoms with Crippen LogP contribution < -0.4 is 0 Å². The Balaban J connectivity index is 1.34. The minimum atomic E-state index is -0.208. The molecule has 2 atom stereocenters. The van der Waals surface area contributed by atoms with Crippen LogP contribution in [0.5, 0.6) is 0 Å². The maximum atomic E-state index is 13.2. The molecule has 0 aromatic heterocycles. The number of benzene rings is 2. The number of carbonyl (C=O) groups is 1. The molecule has 2 aliphatic heterocycles. The van der Waals surface area contributed by atoms with Crippen molar-refractivity contribution < 1.29 is 14.3 Å². The number of carbonyl (C=O) groups excluding carboxylic acids is 1. The highest BCUT2D eigenvalue weighted by Crippen LogP contribution is 2.44. The Labute approximate surface area is 184 Å². The molecule has 0 N–H and O–H groups in total. The van der Waals surface area contributed by atoms with Crippen LogP contribution in [0.2, 0.25) is 0 Å². The maximum absolute atomic E-state index is 13.2. The van der Waals surface area contributed by atoms with E-state index in [2.05, 4.69) is 68.5 Å². The summed E-state index contributed by atoms with van der Waals surface area (Å²) in [6, 6.07) is 17.0. The van der Waals surface area contributed by atoms with Gasteiger partial charge in [-0.1, -0.05) is 74.0 Å². The van der Waals surface area contributed by atoms with Crippen LogP contribution in [0.4, 0.5) is 4.79 Å². The molecule has 1 aliphatic carbocycles. The Hall–Kier alpha value is -2.59. The molecule has 31 heavy (non-hydrogen) atoms. The zero-order chi connectivity index (χ0) is 21.4. The standard InChI is InChI=1S/C27H31NO3/c1-3-18(4-2)19-13-20-15-30-16-21(14-19)28(20)27(29)31-17-26-24-11-7-5-9-22(24)23-10-6-8-12-25(23)26/h5-13,18,20-21,26H,3-4,14-17H2,1-2H3. The van der Waals surface area contributed by atoms with Crippen LogP contribution in [0.3, 0.4) is 0 Å². The fourth-order valence-electron chi connectivity index (χ4n) is 5.70. The second kappa shape index (κ2) is 8.51. The third-order valence-corrected chi connectivity index (χ3v) is 7.28. The molecule has 2 aromatic carbocycles. The van der Waals surface area contributed by atoms with Gasteiger partial charge >= 0.3 is 6.09 Å². The number of hydrogen-bond donors (Lipinski definition) is 0. The average Bonchev–Trinajstić information content (AvgIpc) is 3.11. The van der Waals surface area contributed by atoms with Crippen LogP contribution in [0.25, 0.3) is 11.1 Å². The molecule has 2 aromatic rings. The second-order valence-electron chi connectivity index (χ2n) is 8.93. The lowest BCUT2D eigenvalue weighted by Crippen LogP contribution is -2.57. The van der Waals surface area contributed by atoms with Crippen molar-refractivity contribution in [2.45, 2.75) is 51.1 Å². The summed E-state index contributed by atoms with van der Waals surface area (Å²) >= 11 is 0. The van der Waals surface area contributed by atoms with Crippen LogP contribution >= 0.6 is 0 Å². The summed E-state index contributed by atoms with van der Waals surface area (Å²) < 4.78 is 11.8. The molecule has 5 rings (SSSR count). The molecular weight excluding hydrogens is 386 g/mol. The molecule has 2 unspecified atom stereocenters. The van der Waals surface area contributed by atoms with E-state index < -0.39 is 0 Å². The molecule has 4 nitrogen and oxygen atoms in total. The van der Waals surface area contributed by atoms with Gasteiger partial charge in [0, 0.05) is 5.92 Å². The van der Waals surface area contributed by atoms with Crippen LogP contribution in [-0.4, -0.2) is 42.9 Å². The third-order valence-electron chi connectivity index (χ3n) is 7.28. The fraction of sp³-hybridized carbons (Fsp3) is 0.444. The predicted molar refractivity (Wildman–Crippen MR) is 122 cm³/mol. The summed E-state index contributed by atoms with van der Waals surface area (Å²) in [5.74, 6) is 0.695. The van der Waals surface area contributed by atoms with Crippen molar-refractivity contribution in [2.75, 3.05) is 19.8 Å². The van der Waals surface area contributed by atoms with Gasteiger partial charge in [0.1, 0.15) is 6.61 Å². The summed E-state index contributed by atoms with van der Waals surface area (Å²) in [5.41, 5.74) is 6.48. The lowest BCUT2D eigenvalue weighted by atomic mass is 9.84. The lowest BCUT2D eigenvalue weighted by Gasteiger charge is -2.45. The minimum absolute atomic E-state index is 0.0150. The number of fused-ring (bicyclic) bond motifs is 5. The van der Waals surface area contributed by atoms with E-state index in [4.69, 9.17) is 9.47 Å². The lowest BCUT2D eigenvalue weighted by molar-refractivity contribution is -0.0374. The molecule has 1 fully saturated rings. The van der Waals surface area contributed by atoms with Gasteiger partial charge in [-0.15, -0.1) is 0 Å². The predicted octanol–water partition coefficient (Wildman–Crippen LogP) is 5.77. The molecule has 2 heterocycles. The van der Waals surface area contributed by atoms with Crippen molar-refractivity contribution in [3.63, 3.8) is 0 Å². The van der Waals surface area contributed by atoms with Crippen molar-refractivity contribution in [1.82, 2.24) is 4.90 Å².